The van der Waals surface area contributed by atoms with Gasteiger partial charge in [-0.25, -0.2) is 8.42 Å². The second kappa shape index (κ2) is 8.16. The van der Waals surface area contributed by atoms with Gasteiger partial charge >= 0.3 is 0 Å². The largest absolute Gasteiger partial charge is 0.352 e. The van der Waals surface area contributed by atoms with E-state index < -0.39 is 10.0 Å². The van der Waals surface area contributed by atoms with Gasteiger partial charge in [-0.05, 0) is 49.9 Å². The van der Waals surface area contributed by atoms with Crippen molar-refractivity contribution in [3.63, 3.8) is 0 Å². The fourth-order valence-corrected chi connectivity index (χ4v) is 3.27. The number of carbonyl (C=O) groups is 1. The van der Waals surface area contributed by atoms with Gasteiger partial charge in [-0.3, -0.25) is 9.52 Å². The second-order valence-electron chi connectivity index (χ2n) is 6.20. The highest BCUT2D eigenvalue weighted by atomic mass is 32.2. The number of anilines is 1. The van der Waals surface area contributed by atoms with E-state index in [0.29, 0.717) is 23.4 Å². The fraction of sp³-hybridized carbons (Fsp3) is 0.316. The maximum Gasteiger partial charge on any atom is 0.251 e. The summed E-state index contributed by atoms with van der Waals surface area (Å²) >= 11 is 0. The Kier molecular flexibility index (Phi) is 6.20. The minimum absolute atomic E-state index is 0.195. The Morgan fingerprint density at radius 3 is 2.48 bits per heavy atom. The number of rotatable bonds is 7. The average molecular weight is 360 g/mol. The maximum atomic E-state index is 12.4. The van der Waals surface area contributed by atoms with Crippen LogP contribution in [0.1, 0.15) is 33.5 Å². The number of benzene rings is 2. The summed E-state index contributed by atoms with van der Waals surface area (Å²) in [7, 11) is -3.38. The summed E-state index contributed by atoms with van der Waals surface area (Å²) in [5.74, 6) is -0.195. The molecule has 1 amide bonds. The van der Waals surface area contributed by atoms with Crippen LogP contribution in [0.2, 0.25) is 0 Å². The Labute approximate surface area is 149 Å². The van der Waals surface area contributed by atoms with Gasteiger partial charge < -0.3 is 5.32 Å². The first kappa shape index (κ1) is 19.0. The van der Waals surface area contributed by atoms with E-state index in [2.05, 4.69) is 35.2 Å². The molecule has 0 aliphatic carbocycles. The van der Waals surface area contributed by atoms with Gasteiger partial charge in [0.15, 0.2) is 0 Å². The van der Waals surface area contributed by atoms with Crippen molar-refractivity contribution in [2.24, 2.45) is 0 Å². The van der Waals surface area contributed by atoms with Crippen LogP contribution in [-0.4, -0.2) is 27.1 Å². The van der Waals surface area contributed by atoms with Crippen molar-refractivity contribution in [3.8, 4) is 0 Å². The van der Waals surface area contributed by atoms with Crippen LogP contribution in [0.25, 0.3) is 0 Å². The van der Waals surface area contributed by atoms with E-state index in [4.69, 9.17) is 0 Å². The molecule has 0 fully saturated rings. The van der Waals surface area contributed by atoms with Crippen LogP contribution in [0.3, 0.4) is 0 Å². The van der Waals surface area contributed by atoms with Crippen LogP contribution >= 0.6 is 0 Å². The number of sulfonamides is 1. The molecule has 0 aromatic heterocycles. The van der Waals surface area contributed by atoms with Gasteiger partial charge in [-0.2, -0.15) is 0 Å². The first-order valence-electron chi connectivity index (χ1n) is 8.17. The van der Waals surface area contributed by atoms with Crippen molar-refractivity contribution in [1.29, 1.82) is 0 Å². The molecule has 134 valence electrons. The SMILES string of the molecule is Cc1cccc(CCCNC(=O)c2cccc(NS(C)(=O)=O)c2C)c1. The summed E-state index contributed by atoms with van der Waals surface area (Å²) in [6.45, 7) is 4.36. The number of nitrogens with one attached hydrogen (secondary N) is 2. The molecular formula is C19H24N2O3S. The van der Waals surface area contributed by atoms with Crippen molar-refractivity contribution >= 4 is 21.6 Å². The van der Waals surface area contributed by atoms with Crippen LogP contribution in [0.5, 0.6) is 0 Å². The third-order valence-corrected chi connectivity index (χ3v) is 4.47. The Balaban J connectivity index is 1.93. The zero-order valence-corrected chi connectivity index (χ0v) is 15.6. The van der Waals surface area contributed by atoms with Crippen molar-refractivity contribution in [2.75, 3.05) is 17.5 Å². The lowest BCUT2D eigenvalue weighted by molar-refractivity contribution is 0.0952. The number of hydrogen-bond donors (Lipinski definition) is 2. The molecule has 2 aromatic carbocycles. The highest BCUT2D eigenvalue weighted by Crippen LogP contribution is 2.19. The lowest BCUT2D eigenvalue weighted by Crippen LogP contribution is -2.26. The van der Waals surface area contributed by atoms with E-state index in [9.17, 15) is 13.2 Å². The van der Waals surface area contributed by atoms with Crippen molar-refractivity contribution in [3.05, 3.63) is 64.7 Å². The summed E-state index contributed by atoms with van der Waals surface area (Å²) < 4.78 is 25.2. The molecule has 0 unspecified atom stereocenters. The van der Waals surface area contributed by atoms with Crippen molar-refractivity contribution in [2.45, 2.75) is 26.7 Å². The Bertz CT molecular complexity index is 861. The van der Waals surface area contributed by atoms with Crippen LogP contribution in [0.4, 0.5) is 5.69 Å². The molecule has 2 aromatic rings. The molecule has 0 aliphatic rings. The molecule has 0 aliphatic heterocycles. The first-order valence-corrected chi connectivity index (χ1v) is 10.1. The lowest BCUT2D eigenvalue weighted by atomic mass is 10.1. The summed E-state index contributed by atoms with van der Waals surface area (Å²) in [6, 6.07) is 13.3. The van der Waals surface area contributed by atoms with Gasteiger partial charge in [-0.1, -0.05) is 35.9 Å². The standard InChI is InChI=1S/C19H24N2O3S/c1-14-7-4-8-16(13-14)9-6-12-20-19(22)17-10-5-11-18(15(17)2)21-25(3,23)24/h4-5,7-8,10-11,13,21H,6,9,12H2,1-3H3,(H,20,22). The van der Waals surface area contributed by atoms with E-state index in [-0.39, 0.29) is 5.91 Å². The number of hydrogen-bond acceptors (Lipinski definition) is 3. The fourth-order valence-electron chi connectivity index (χ4n) is 2.65. The highest BCUT2D eigenvalue weighted by Gasteiger charge is 2.13. The Morgan fingerprint density at radius 2 is 1.80 bits per heavy atom. The number of carbonyl (C=O) groups excluding carboxylic acids is 1. The third kappa shape index (κ3) is 5.90. The second-order valence-corrected chi connectivity index (χ2v) is 7.95. The summed E-state index contributed by atoms with van der Waals surface area (Å²) in [5, 5.41) is 2.90. The van der Waals surface area contributed by atoms with E-state index in [1.165, 1.54) is 11.1 Å². The molecule has 0 radical (unpaired) electrons. The normalized spacial score (nSPS) is 11.2. The molecule has 25 heavy (non-hydrogen) atoms. The summed E-state index contributed by atoms with van der Waals surface area (Å²) in [6.07, 6.45) is 2.83. The zero-order valence-electron chi connectivity index (χ0n) is 14.8. The Morgan fingerprint density at radius 1 is 1.08 bits per heavy atom. The van der Waals surface area contributed by atoms with E-state index >= 15 is 0 Å². The van der Waals surface area contributed by atoms with Gasteiger partial charge in [0.1, 0.15) is 0 Å². The summed E-state index contributed by atoms with van der Waals surface area (Å²) in [5.41, 5.74) is 4.00. The van der Waals surface area contributed by atoms with Gasteiger partial charge in [0.05, 0.1) is 11.9 Å². The quantitative estimate of drug-likeness (QED) is 0.745. The first-order chi connectivity index (χ1) is 11.8. The third-order valence-electron chi connectivity index (χ3n) is 3.88. The zero-order chi connectivity index (χ0) is 18.4. The van der Waals surface area contributed by atoms with Gasteiger partial charge in [0.2, 0.25) is 10.0 Å². The van der Waals surface area contributed by atoms with Crippen molar-refractivity contribution < 1.29 is 13.2 Å². The number of aryl methyl sites for hydroxylation is 2. The van der Waals surface area contributed by atoms with Crippen LogP contribution in [0.15, 0.2) is 42.5 Å². The smallest absolute Gasteiger partial charge is 0.251 e. The molecule has 0 saturated carbocycles. The molecule has 0 saturated heterocycles. The topological polar surface area (TPSA) is 75.3 Å². The monoisotopic (exact) mass is 360 g/mol. The molecule has 0 heterocycles. The van der Waals surface area contributed by atoms with Gasteiger partial charge in [-0.15, -0.1) is 0 Å². The molecule has 2 rings (SSSR count). The molecule has 5 nitrogen and oxygen atoms in total. The molecule has 0 atom stereocenters. The lowest BCUT2D eigenvalue weighted by Gasteiger charge is -2.12. The van der Waals surface area contributed by atoms with E-state index in [1.54, 1.807) is 25.1 Å². The van der Waals surface area contributed by atoms with Gasteiger partial charge in [0, 0.05) is 12.1 Å². The van der Waals surface area contributed by atoms with Crippen LogP contribution < -0.4 is 10.0 Å². The van der Waals surface area contributed by atoms with Crippen LogP contribution in [-0.2, 0) is 16.4 Å². The molecule has 6 heteroatoms. The Hall–Kier alpha value is -2.34. The number of amides is 1. The van der Waals surface area contributed by atoms with Crippen molar-refractivity contribution in [1.82, 2.24) is 5.32 Å². The predicted molar refractivity (Wildman–Crippen MR) is 101 cm³/mol. The van der Waals surface area contributed by atoms with Crippen LogP contribution in [0, 0.1) is 13.8 Å². The molecular weight excluding hydrogens is 336 g/mol. The van der Waals surface area contributed by atoms with Gasteiger partial charge in [0.25, 0.3) is 5.91 Å². The maximum absolute atomic E-state index is 12.4. The highest BCUT2D eigenvalue weighted by molar-refractivity contribution is 7.92. The molecule has 0 spiro atoms. The predicted octanol–water partition coefficient (Wildman–Crippen LogP) is 3.04. The minimum atomic E-state index is -3.38. The average Bonchev–Trinajstić information content (AvgIpc) is 2.52. The van der Waals surface area contributed by atoms with E-state index in [0.717, 1.165) is 19.1 Å². The molecule has 2 N–H and O–H groups in total. The van der Waals surface area contributed by atoms with E-state index in [1.807, 2.05) is 6.07 Å². The summed E-state index contributed by atoms with van der Waals surface area (Å²) in [4.78, 5) is 12.4. The molecule has 0 bridgehead atoms. The minimum Gasteiger partial charge on any atom is -0.352 e.